The van der Waals surface area contributed by atoms with E-state index in [4.69, 9.17) is 9.47 Å². The first kappa shape index (κ1) is 11.5. The number of rotatable bonds is 3. The van der Waals surface area contributed by atoms with Gasteiger partial charge in [-0.3, -0.25) is 4.79 Å². The van der Waals surface area contributed by atoms with Crippen LogP contribution in [0.3, 0.4) is 0 Å². The third-order valence-electron chi connectivity index (χ3n) is 2.36. The first-order chi connectivity index (χ1) is 8.40. The molecule has 3 nitrogen and oxygen atoms in total. The molecule has 1 aromatic carbocycles. The average Bonchev–Trinajstić information content (AvgIpc) is 2.59. The maximum absolute atomic E-state index is 10.1. The van der Waals surface area contributed by atoms with Gasteiger partial charge in [-0.1, -0.05) is 24.3 Å². The van der Waals surface area contributed by atoms with Crippen LogP contribution in [0.2, 0.25) is 0 Å². The van der Waals surface area contributed by atoms with Crippen molar-refractivity contribution >= 4 is 12.4 Å². The van der Waals surface area contributed by atoms with Gasteiger partial charge in [0.05, 0.1) is 13.2 Å². The highest BCUT2D eigenvalue weighted by Crippen LogP contribution is 2.30. The third kappa shape index (κ3) is 3.21. The summed E-state index contributed by atoms with van der Waals surface area (Å²) in [5, 5.41) is 0. The van der Waals surface area contributed by atoms with E-state index in [9.17, 15) is 4.79 Å². The molecule has 0 saturated carbocycles. The molecule has 0 amide bonds. The molecule has 17 heavy (non-hydrogen) atoms. The van der Waals surface area contributed by atoms with Gasteiger partial charge in [-0.25, -0.2) is 0 Å². The Morgan fingerprint density at radius 2 is 1.82 bits per heavy atom. The summed E-state index contributed by atoms with van der Waals surface area (Å²) in [5.41, 5.74) is 1.02. The summed E-state index contributed by atoms with van der Waals surface area (Å²) in [4.78, 5) is 10.1. The molecule has 0 unspecified atom stereocenters. The van der Waals surface area contributed by atoms with Crippen molar-refractivity contribution in [1.29, 1.82) is 0 Å². The van der Waals surface area contributed by atoms with E-state index in [1.165, 1.54) is 6.08 Å². The van der Waals surface area contributed by atoms with Gasteiger partial charge in [-0.05, 0) is 23.8 Å². The summed E-state index contributed by atoms with van der Waals surface area (Å²) in [6.07, 6.45) is 8.51. The molecule has 88 valence electrons. The van der Waals surface area contributed by atoms with Crippen molar-refractivity contribution in [2.24, 2.45) is 0 Å². The summed E-state index contributed by atoms with van der Waals surface area (Å²) in [7, 11) is 0. The third-order valence-corrected chi connectivity index (χ3v) is 2.36. The molecule has 1 aliphatic heterocycles. The van der Waals surface area contributed by atoms with E-state index in [0.29, 0.717) is 13.2 Å². The second-order valence-electron chi connectivity index (χ2n) is 3.64. The monoisotopic (exact) mass is 230 g/mol. The molecule has 0 bridgehead atoms. The minimum absolute atomic E-state index is 0.686. The van der Waals surface area contributed by atoms with E-state index < -0.39 is 0 Å². The Hall–Kier alpha value is -2.03. The van der Waals surface area contributed by atoms with Gasteiger partial charge < -0.3 is 9.47 Å². The normalized spacial score (nSPS) is 15.1. The van der Waals surface area contributed by atoms with Gasteiger partial charge >= 0.3 is 0 Å². The molecule has 1 heterocycles. The number of ether oxygens (including phenoxy) is 2. The number of fused-ring (bicyclic) bond motifs is 1. The molecule has 0 aromatic heterocycles. The molecular formula is C14H14O3. The average molecular weight is 230 g/mol. The summed E-state index contributed by atoms with van der Waals surface area (Å²) < 4.78 is 11.1. The van der Waals surface area contributed by atoms with Crippen LogP contribution in [0.15, 0.2) is 36.4 Å². The summed E-state index contributed by atoms with van der Waals surface area (Å²) >= 11 is 0. The number of hydrogen-bond acceptors (Lipinski definition) is 3. The fourth-order valence-electron chi connectivity index (χ4n) is 1.56. The van der Waals surface area contributed by atoms with Crippen LogP contribution in [0.4, 0.5) is 0 Å². The smallest absolute Gasteiger partial charge is 0.161 e. The van der Waals surface area contributed by atoms with E-state index in [-0.39, 0.29) is 0 Å². The van der Waals surface area contributed by atoms with Crippen molar-refractivity contribution in [2.45, 2.75) is 6.42 Å². The van der Waals surface area contributed by atoms with Gasteiger partial charge in [0.25, 0.3) is 0 Å². The van der Waals surface area contributed by atoms with Crippen LogP contribution in [0, 0.1) is 0 Å². The van der Waals surface area contributed by atoms with Gasteiger partial charge in [0.15, 0.2) is 11.5 Å². The lowest BCUT2D eigenvalue weighted by Gasteiger charge is -2.07. The summed E-state index contributed by atoms with van der Waals surface area (Å²) in [6.45, 7) is 1.38. The summed E-state index contributed by atoms with van der Waals surface area (Å²) in [6, 6.07) is 5.80. The largest absolute Gasteiger partial charge is 0.490 e. The minimum Gasteiger partial charge on any atom is -0.490 e. The fourth-order valence-corrected chi connectivity index (χ4v) is 1.56. The molecule has 0 atom stereocenters. The van der Waals surface area contributed by atoms with Crippen LogP contribution in [0.1, 0.15) is 12.0 Å². The maximum Gasteiger partial charge on any atom is 0.161 e. The SMILES string of the molecule is O=C/C=C/C=C/c1ccc2c(c1)OCCCO2. The Morgan fingerprint density at radius 3 is 2.65 bits per heavy atom. The molecule has 1 aromatic rings. The first-order valence-electron chi connectivity index (χ1n) is 5.58. The van der Waals surface area contributed by atoms with E-state index in [2.05, 4.69) is 0 Å². The number of aldehydes is 1. The fraction of sp³-hybridized carbons (Fsp3) is 0.214. The molecule has 0 radical (unpaired) electrons. The minimum atomic E-state index is 0.686. The van der Waals surface area contributed by atoms with Crippen molar-refractivity contribution in [3.8, 4) is 11.5 Å². The van der Waals surface area contributed by atoms with Crippen LogP contribution in [0.5, 0.6) is 11.5 Å². The van der Waals surface area contributed by atoms with E-state index in [0.717, 1.165) is 29.8 Å². The van der Waals surface area contributed by atoms with Crippen LogP contribution < -0.4 is 9.47 Å². The molecule has 0 aliphatic carbocycles. The van der Waals surface area contributed by atoms with Crippen molar-refractivity contribution in [2.75, 3.05) is 13.2 Å². The Kier molecular flexibility index (Phi) is 3.97. The Labute approximate surface area is 100 Å². The van der Waals surface area contributed by atoms with E-state index in [1.54, 1.807) is 6.08 Å². The highest BCUT2D eigenvalue weighted by molar-refractivity contribution is 5.66. The zero-order valence-corrected chi connectivity index (χ0v) is 9.46. The highest BCUT2D eigenvalue weighted by atomic mass is 16.5. The van der Waals surface area contributed by atoms with Crippen molar-refractivity contribution in [3.05, 3.63) is 42.0 Å². The molecule has 3 heteroatoms. The highest BCUT2D eigenvalue weighted by Gasteiger charge is 2.09. The van der Waals surface area contributed by atoms with E-state index >= 15 is 0 Å². The van der Waals surface area contributed by atoms with Gasteiger partial charge in [0, 0.05) is 6.42 Å². The number of carbonyl (C=O) groups excluding carboxylic acids is 1. The Balaban J connectivity index is 2.14. The second-order valence-corrected chi connectivity index (χ2v) is 3.64. The standard InChI is InChI=1S/C14H14O3/c15-8-3-1-2-5-12-6-7-13-14(11-12)17-10-4-9-16-13/h1-3,5-8,11H,4,9-10H2/b3-1+,5-2+. The molecule has 0 N–H and O–H groups in total. The van der Waals surface area contributed by atoms with Crippen molar-refractivity contribution < 1.29 is 14.3 Å². The number of benzene rings is 1. The molecule has 0 spiro atoms. The predicted molar refractivity (Wildman–Crippen MR) is 66.3 cm³/mol. The Morgan fingerprint density at radius 1 is 1.00 bits per heavy atom. The van der Waals surface area contributed by atoms with Gasteiger partial charge in [0.1, 0.15) is 6.29 Å². The van der Waals surface area contributed by atoms with Crippen LogP contribution in [-0.4, -0.2) is 19.5 Å². The molecule has 1 aliphatic rings. The maximum atomic E-state index is 10.1. The molecule has 0 fully saturated rings. The number of carbonyl (C=O) groups is 1. The zero-order valence-electron chi connectivity index (χ0n) is 9.46. The molecular weight excluding hydrogens is 216 g/mol. The summed E-state index contributed by atoms with van der Waals surface area (Å²) in [5.74, 6) is 1.58. The quantitative estimate of drug-likeness (QED) is 0.455. The van der Waals surface area contributed by atoms with Crippen LogP contribution in [0.25, 0.3) is 6.08 Å². The lowest BCUT2D eigenvalue weighted by molar-refractivity contribution is -0.104. The lowest BCUT2D eigenvalue weighted by Crippen LogP contribution is -1.97. The first-order valence-corrected chi connectivity index (χ1v) is 5.58. The zero-order chi connectivity index (χ0) is 11.9. The Bertz CT molecular complexity index is 447. The number of hydrogen-bond donors (Lipinski definition) is 0. The lowest BCUT2D eigenvalue weighted by atomic mass is 10.2. The van der Waals surface area contributed by atoms with Crippen LogP contribution in [-0.2, 0) is 4.79 Å². The van der Waals surface area contributed by atoms with Gasteiger partial charge in [0.2, 0.25) is 0 Å². The second kappa shape index (κ2) is 5.89. The van der Waals surface area contributed by atoms with E-state index in [1.807, 2.05) is 30.4 Å². The molecule has 0 saturated heterocycles. The predicted octanol–water partition coefficient (Wildman–Crippen LogP) is 2.62. The number of allylic oxidation sites excluding steroid dienone is 3. The van der Waals surface area contributed by atoms with Crippen molar-refractivity contribution in [1.82, 2.24) is 0 Å². The van der Waals surface area contributed by atoms with Crippen molar-refractivity contribution in [3.63, 3.8) is 0 Å². The topological polar surface area (TPSA) is 35.5 Å². The van der Waals surface area contributed by atoms with Gasteiger partial charge in [-0.15, -0.1) is 0 Å². The van der Waals surface area contributed by atoms with Gasteiger partial charge in [-0.2, -0.15) is 0 Å². The van der Waals surface area contributed by atoms with Crippen LogP contribution >= 0.6 is 0 Å². The molecule has 2 rings (SSSR count).